The van der Waals surface area contributed by atoms with Crippen molar-refractivity contribution >= 4 is 12.0 Å². The number of nitrogens with zero attached hydrogens (tertiary/aromatic N) is 3. The van der Waals surface area contributed by atoms with Gasteiger partial charge in [-0.3, -0.25) is 14.7 Å². The average Bonchev–Trinajstić information content (AvgIpc) is 3.23. The molecule has 2 aliphatic heterocycles. The molecule has 0 spiro atoms. The third-order valence-corrected chi connectivity index (χ3v) is 5.55. The van der Waals surface area contributed by atoms with Crippen LogP contribution in [0.3, 0.4) is 0 Å². The van der Waals surface area contributed by atoms with Crippen molar-refractivity contribution < 1.29 is 9.47 Å². The summed E-state index contributed by atoms with van der Waals surface area (Å²) in [5.74, 6) is 1.84. The Morgan fingerprint density at radius 2 is 2.10 bits per heavy atom. The second kappa shape index (κ2) is 9.24. The Balaban J connectivity index is 1.39. The molecule has 2 saturated heterocycles. The summed E-state index contributed by atoms with van der Waals surface area (Å²) >= 11 is 0. The predicted molar refractivity (Wildman–Crippen MR) is 114 cm³/mol. The molecule has 4 rings (SSSR count). The van der Waals surface area contributed by atoms with Gasteiger partial charge in [0.1, 0.15) is 5.75 Å². The zero-order valence-electron chi connectivity index (χ0n) is 16.8. The molecule has 0 aliphatic carbocycles. The first-order chi connectivity index (χ1) is 14.2. The van der Waals surface area contributed by atoms with Crippen molar-refractivity contribution in [1.29, 1.82) is 0 Å². The van der Waals surface area contributed by atoms with Gasteiger partial charge < -0.3 is 14.4 Å². The summed E-state index contributed by atoms with van der Waals surface area (Å²) in [4.78, 5) is 24.3. The minimum atomic E-state index is -0.0778. The highest BCUT2D eigenvalue weighted by Gasteiger charge is 2.25. The van der Waals surface area contributed by atoms with E-state index in [0.29, 0.717) is 19.2 Å². The zero-order chi connectivity index (χ0) is 20.1. The molecule has 0 radical (unpaired) electrons. The quantitative estimate of drug-likeness (QED) is 0.807. The fourth-order valence-electron chi connectivity index (χ4n) is 3.97. The maximum absolute atomic E-state index is 12.2. The molecule has 1 N–H and O–H groups in total. The molecule has 1 atom stereocenters. The Morgan fingerprint density at radius 1 is 1.28 bits per heavy atom. The maximum atomic E-state index is 12.2. The molecule has 0 saturated carbocycles. The number of aromatic nitrogens is 2. The minimum Gasteiger partial charge on any atom is -0.496 e. The summed E-state index contributed by atoms with van der Waals surface area (Å²) in [5, 5.41) is 0. The monoisotopic (exact) mass is 396 g/mol. The van der Waals surface area contributed by atoms with Crippen molar-refractivity contribution in [2.24, 2.45) is 0 Å². The summed E-state index contributed by atoms with van der Waals surface area (Å²) in [6.45, 7) is 5.65. The molecule has 7 heteroatoms. The molecule has 154 valence electrons. The van der Waals surface area contributed by atoms with Gasteiger partial charge in [0.05, 0.1) is 26.0 Å². The van der Waals surface area contributed by atoms with Gasteiger partial charge in [0, 0.05) is 43.7 Å². The van der Waals surface area contributed by atoms with Gasteiger partial charge in [0.15, 0.2) is 0 Å². The van der Waals surface area contributed by atoms with Crippen LogP contribution in [0, 0.1) is 0 Å². The largest absolute Gasteiger partial charge is 0.496 e. The highest BCUT2D eigenvalue weighted by atomic mass is 16.5. The van der Waals surface area contributed by atoms with Crippen LogP contribution in [0.15, 0.2) is 41.2 Å². The number of likely N-dealkylation sites (tertiary alicyclic amines) is 1. The second-order valence-corrected chi connectivity index (χ2v) is 7.48. The van der Waals surface area contributed by atoms with Gasteiger partial charge >= 0.3 is 0 Å². The van der Waals surface area contributed by atoms with Crippen molar-refractivity contribution in [2.75, 3.05) is 57.9 Å². The number of para-hydroxylation sites is 1. The van der Waals surface area contributed by atoms with Crippen LogP contribution in [0.2, 0.25) is 0 Å². The molecule has 2 aliphatic rings. The van der Waals surface area contributed by atoms with E-state index in [1.807, 2.05) is 18.2 Å². The lowest BCUT2D eigenvalue weighted by Gasteiger charge is -2.27. The minimum absolute atomic E-state index is 0.0778. The molecule has 2 aromatic rings. The average molecular weight is 396 g/mol. The maximum Gasteiger partial charge on any atom is 0.252 e. The standard InChI is InChI=1S/C22H28N4O3/c1-28-20-7-3-2-5-17(20)6-4-9-25-10-8-18(16-25)19-15-21(27)24-22(23-19)26-11-13-29-14-12-26/h2-7,15,18H,8-14,16H2,1H3,(H,23,24,27)/b6-4-. The van der Waals surface area contributed by atoms with E-state index in [4.69, 9.17) is 14.5 Å². The van der Waals surface area contributed by atoms with Crippen molar-refractivity contribution in [1.82, 2.24) is 14.9 Å². The van der Waals surface area contributed by atoms with Gasteiger partial charge in [0.25, 0.3) is 5.56 Å². The third kappa shape index (κ3) is 4.86. The fourth-order valence-corrected chi connectivity index (χ4v) is 3.97. The summed E-state index contributed by atoms with van der Waals surface area (Å²) in [5.41, 5.74) is 1.90. The summed E-state index contributed by atoms with van der Waals surface area (Å²) in [6.07, 6.45) is 5.29. The first-order valence-corrected chi connectivity index (χ1v) is 10.2. The number of anilines is 1. The molecule has 7 nitrogen and oxygen atoms in total. The Labute approximate surface area is 171 Å². The number of rotatable bonds is 6. The number of H-pyrrole nitrogens is 1. The summed E-state index contributed by atoms with van der Waals surface area (Å²) < 4.78 is 10.8. The van der Waals surface area contributed by atoms with E-state index in [1.165, 1.54) is 0 Å². The molecule has 1 aromatic heterocycles. The topological polar surface area (TPSA) is 70.7 Å². The van der Waals surface area contributed by atoms with Gasteiger partial charge in [0.2, 0.25) is 5.95 Å². The van der Waals surface area contributed by atoms with Crippen LogP contribution in [-0.2, 0) is 4.74 Å². The van der Waals surface area contributed by atoms with E-state index in [0.717, 1.165) is 56.2 Å². The van der Waals surface area contributed by atoms with E-state index < -0.39 is 0 Å². The number of benzene rings is 1. The van der Waals surface area contributed by atoms with Crippen LogP contribution in [0.4, 0.5) is 5.95 Å². The third-order valence-electron chi connectivity index (χ3n) is 5.55. The van der Waals surface area contributed by atoms with Crippen LogP contribution in [0.1, 0.15) is 23.6 Å². The smallest absolute Gasteiger partial charge is 0.252 e. The number of hydrogen-bond acceptors (Lipinski definition) is 6. The van der Waals surface area contributed by atoms with Gasteiger partial charge in [-0.15, -0.1) is 0 Å². The molecule has 1 unspecified atom stereocenters. The first-order valence-electron chi connectivity index (χ1n) is 10.2. The van der Waals surface area contributed by atoms with Crippen LogP contribution < -0.4 is 15.2 Å². The number of nitrogens with one attached hydrogen (secondary N) is 1. The summed E-state index contributed by atoms with van der Waals surface area (Å²) in [6, 6.07) is 9.66. The molecule has 3 heterocycles. The molecular formula is C22H28N4O3. The van der Waals surface area contributed by atoms with E-state index in [9.17, 15) is 4.79 Å². The molecule has 29 heavy (non-hydrogen) atoms. The van der Waals surface area contributed by atoms with Crippen molar-refractivity contribution in [3.8, 4) is 5.75 Å². The Bertz CT molecular complexity index is 905. The van der Waals surface area contributed by atoms with Crippen molar-refractivity contribution in [3.63, 3.8) is 0 Å². The van der Waals surface area contributed by atoms with E-state index in [-0.39, 0.29) is 11.5 Å². The lowest BCUT2D eigenvalue weighted by atomic mass is 10.1. The van der Waals surface area contributed by atoms with Crippen LogP contribution in [0.25, 0.3) is 6.08 Å². The lowest BCUT2D eigenvalue weighted by Crippen LogP contribution is -2.38. The molecule has 2 fully saturated rings. The number of aromatic amines is 1. The number of methoxy groups -OCH3 is 1. The fraction of sp³-hybridized carbons (Fsp3) is 0.455. The van der Waals surface area contributed by atoms with E-state index >= 15 is 0 Å². The first kappa shape index (κ1) is 19.7. The Morgan fingerprint density at radius 3 is 2.93 bits per heavy atom. The molecular weight excluding hydrogens is 368 g/mol. The predicted octanol–water partition coefficient (Wildman–Crippen LogP) is 2.12. The highest BCUT2D eigenvalue weighted by molar-refractivity contribution is 5.57. The number of hydrogen-bond donors (Lipinski definition) is 1. The number of ether oxygens (including phenoxy) is 2. The normalized spacial score (nSPS) is 20.4. The Hall–Kier alpha value is -2.64. The van der Waals surface area contributed by atoms with E-state index in [1.54, 1.807) is 13.2 Å². The second-order valence-electron chi connectivity index (χ2n) is 7.48. The van der Waals surface area contributed by atoms with Crippen molar-refractivity contribution in [3.05, 3.63) is 58.0 Å². The van der Waals surface area contributed by atoms with Crippen molar-refractivity contribution in [2.45, 2.75) is 12.3 Å². The molecule has 0 amide bonds. The van der Waals surface area contributed by atoms with Gasteiger partial charge in [-0.1, -0.05) is 30.4 Å². The highest BCUT2D eigenvalue weighted by Crippen LogP contribution is 2.26. The van der Waals surface area contributed by atoms with Crippen LogP contribution >= 0.6 is 0 Å². The van der Waals surface area contributed by atoms with Crippen LogP contribution in [0.5, 0.6) is 5.75 Å². The van der Waals surface area contributed by atoms with E-state index in [2.05, 4.69) is 33.0 Å². The SMILES string of the molecule is COc1ccccc1/C=C\CN1CCC(c2cc(=O)[nH]c(N3CCOCC3)n2)C1. The molecule has 0 bridgehead atoms. The van der Waals surface area contributed by atoms with Crippen LogP contribution in [-0.4, -0.2) is 67.9 Å². The Kier molecular flexibility index (Phi) is 6.27. The zero-order valence-corrected chi connectivity index (χ0v) is 16.8. The van der Waals surface area contributed by atoms with Gasteiger partial charge in [-0.2, -0.15) is 0 Å². The lowest BCUT2D eigenvalue weighted by molar-refractivity contribution is 0.122. The number of morpholine rings is 1. The summed E-state index contributed by atoms with van der Waals surface area (Å²) in [7, 11) is 1.69. The van der Waals surface area contributed by atoms with Gasteiger partial charge in [-0.25, -0.2) is 4.98 Å². The van der Waals surface area contributed by atoms with Gasteiger partial charge in [-0.05, 0) is 19.0 Å². The molecule has 1 aromatic carbocycles.